The monoisotopic (exact) mass is 261 g/mol. The van der Waals surface area contributed by atoms with Crippen LogP contribution in [0.15, 0.2) is 0 Å². The summed E-state index contributed by atoms with van der Waals surface area (Å²) in [5, 5.41) is 3.04. The van der Waals surface area contributed by atoms with Crippen molar-refractivity contribution < 1.29 is 4.79 Å². The van der Waals surface area contributed by atoms with E-state index in [1.165, 1.54) is 19.3 Å². The summed E-state index contributed by atoms with van der Waals surface area (Å²) in [6, 6.07) is 0.289. The second-order valence-electron chi connectivity index (χ2n) is 4.49. The van der Waals surface area contributed by atoms with Crippen LogP contribution in [0.25, 0.3) is 0 Å². The zero-order valence-electron chi connectivity index (χ0n) is 9.05. The molecule has 1 fully saturated rings. The van der Waals surface area contributed by atoms with Gasteiger partial charge in [-0.05, 0) is 32.1 Å². The van der Waals surface area contributed by atoms with Gasteiger partial charge in [0.15, 0.2) is 0 Å². The molecule has 1 aliphatic rings. The molecule has 3 heteroatoms. The molecule has 82 valence electrons. The van der Waals surface area contributed by atoms with Crippen molar-refractivity contribution in [3.8, 4) is 0 Å². The number of carbonyl (C=O) groups is 1. The number of hydrogen-bond acceptors (Lipinski definition) is 1. The third-order valence-electron chi connectivity index (χ3n) is 2.78. The van der Waals surface area contributed by atoms with E-state index in [9.17, 15) is 4.79 Å². The van der Waals surface area contributed by atoms with Crippen LogP contribution in [0.1, 0.15) is 46.0 Å². The maximum absolute atomic E-state index is 11.5. The second kappa shape index (κ2) is 5.74. The minimum atomic E-state index is 0.232. The van der Waals surface area contributed by atoms with Crippen molar-refractivity contribution in [1.29, 1.82) is 0 Å². The van der Waals surface area contributed by atoms with Crippen LogP contribution >= 0.6 is 15.9 Å². The lowest BCUT2D eigenvalue weighted by Gasteiger charge is -2.25. The lowest BCUT2D eigenvalue weighted by atomic mass is 9.83. The molecule has 1 N–H and O–H groups in total. The highest BCUT2D eigenvalue weighted by atomic mass is 79.9. The Hall–Kier alpha value is -0.0500. The highest BCUT2D eigenvalue weighted by Gasteiger charge is 2.21. The second-order valence-corrected chi connectivity index (χ2v) is 6.05. The van der Waals surface area contributed by atoms with E-state index in [0.29, 0.717) is 10.7 Å². The van der Waals surface area contributed by atoms with Crippen molar-refractivity contribution in [3.63, 3.8) is 0 Å². The average Bonchev–Trinajstić information content (AvgIpc) is 1.94. The Morgan fingerprint density at radius 1 is 1.50 bits per heavy atom. The molecule has 1 rings (SSSR count). The third-order valence-corrected chi connectivity index (χ3v) is 3.16. The first kappa shape index (κ1) is 12.0. The standard InChI is InChI=1S/C11H20BrNO/c1-8(12)6-9(2)13-11(14)7-10-4-3-5-10/h8-10H,3-7H2,1-2H3,(H,13,14). The first-order chi connectivity index (χ1) is 6.58. The van der Waals surface area contributed by atoms with Crippen LogP contribution < -0.4 is 5.32 Å². The van der Waals surface area contributed by atoms with Gasteiger partial charge in [-0.3, -0.25) is 4.79 Å². The predicted molar refractivity (Wildman–Crippen MR) is 62.6 cm³/mol. The van der Waals surface area contributed by atoms with Crippen LogP contribution in [0.4, 0.5) is 0 Å². The van der Waals surface area contributed by atoms with E-state index in [1.54, 1.807) is 0 Å². The molecule has 0 spiro atoms. The fourth-order valence-electron chi connectivity index (χ4n) is 1.84. The number of rotatable bonds is 5. The van der Waals surface area contributed by atoms with Crippen molar-refractivity contribution in [2.24, 2.45) is 5.92 Å². The molecule has 2 atom stereocenters. The Morgan fingerprint density at radius 3 is 2.57 bits per heavy atom. The van der Waals surface area contributed by atoms with Crippen molar-refractivity contribution in [2.75, 3.05) is 0 Å². The summed E-state index contributed by atoms with van der Waals surface area (Å²) in [7, 11) is 0. The molecular formula is C11H20BrNO. The first-order valence-electron chi connectivity index (χ1n) is 5.51. The molecule has 0 aromatic rings. The summed E-state index contributed by atoms with van der Waals surface area (Å²) in [5.74, 6) is 0.902. The molecule has 0 aromatic heterocycles. The van der Waals surface area contributed by atoms with Crippen LogP contribution in [0.2, 0.25) is 0 Å². The fourth-order valence-corrected chi connectivity index (χ4v) is 2.40. The number of nitrogens with one attached hydrogen (secondary N) is 1. The van der Waals surface area contributed by atoms with Gasteiger partial charge in [-0.25, -0.2) is 0 Å². The van der Waals surface area contributed by atoms with Crippen LogP contribution in [0.3, 0.4) is 0 Å². The van der Waals surface area contributed by atoms with Gasteiger partial charge >= 0.3 is 0 Å². The lowest BCUT2D eigenvalue weighted by molar-refractivity contribution is -0.123. The predicted octanol–water partition coefficient (Wildman–Crippen LogP) is 2.85. The Balaban J connectivity index is 2.11. The smallest absolute Gasteiger partial charge is 0.220 e. The van der Waals surface area contributed by atoms with E-state index < -0.39 is 0 Å². The lowest BCUT2D eigenvalue weighted by Crippen LogP contribution is -2.35. The molecule has 1 saturated carbocycles. The molecule has 0 heterocycles. The summed E-state index contributed by atoms with van der Waals surface area (Å²) in [5.41, 5.74) is 0. The van der Waals surface area contributed by atoms with Gasteiger partial charge in [-0.1, -0.05) is 29.3 Å². The van der Waals surface area contributed by atoms with Gasteiger partial charge in [0.25, 0.3) is 0 Å². The highest BCUT2D eigenvalue weighted by molar-refractivity contribution is 9.09. The minimum Gasteiger partial charge on any atom is -0.354 e. The Morgan fingerprint density at radius 2 is 2.14 bits per heavy atom. The number of alkyl halides is 1. The molecule has 0 aromatic carbocycles. The van der Waals surface area contributed by atoms with E-state index in [1.807, 2.05) is 0 Å². The number of halogens is 1. The molecule has 14 heavy (non-hydrogen) atoms. The van der Waals surface area contributed by atoms with Crippen molar-refractivity contribution >= 4 is 21.8 Å². The number of amides is 1. The zero-order valence-corrected chi connectivity index (χ0v) is 10.6. The molecule has 0 bridgehead atoms. The van der Waals surface area contributed by atoms with Gasteiger partial charge < -0.3 is 5.32 Å². The molecule has 2 unspecified atom stereocenters. The van der Waals surface area contributed by atoms with E-state index in [4.69, 9.17) is 0 Å². The number of hydrogen-bond donors (Lipinski definition) is 1. The van der Waals surface area contributed by atoms with Gasteiger partial charge in [0.2, 0.25) is 5.91 Å². The third kappa shape index (κ3) is 4.45. The summed E-state index contributed by atoms with van der Waals surface area (Å²) in [4.78, 5) is 12.0. The van der Waals surface area contributed by atoms with E-state index in [2.05, 4.69) is 35.1 Å². The molecule has 1 aliphatic carbocycles. The van der Waals surface area contributed by atoms with Crippen LogP contribution in [0, 0.1) is 5.92 Å². The molecule has 2 nitrogen and oxygen atoms in total. The van der Waals surface area contributed by atoms with E-state index in [0.717, 1.165) is 12.8 Å². The summed E-state index contributed by atoms with van der Waals surface area (Å²) in [6.07, 6.45) is 5.54. The van der Waals surface area contributed by atoms with E-state index in [-0.39, 0.29) is 11.9 Å². The molecule has 0 saturated heterocycles. The molecular weight excluding hydrogens is 242 g/mol. The zero-order chi connectivity index (χ0) is 10.6. The minimum absolute atomic E-state index is 0.232. The van der Waals surface area contributed by atoms with Crippen molar-refractivity contribution in [3.05, 3.63) is 0 Å². The average molecular weight is 262 g/mol. The van der Waals surface area contributed by atoms with Crippen molar-refractivity contribution in [1.82, 2.24) is 5.32 Å². The van der Waals surface area contributed by atoms with Gasteiger partial charge in [0.1, 0.15) is 0 Å². The Bertz CT molecular complexity index is 190. The molecule has 0 radical (unpaired) electrons. The fraction of sp³-hybridized carbons (Fsp3) is 0.909. The summed E-state index contributed by atoms with van der Waals surface area (Å²) >= 11 is 3.49. The summed E-state index contributed by atoms with van der Waals surface area (Å²) in [6.45, 7) is 4.17. The van der Waals surface area contributed by atoms with Gasteiger partial charge in [-0.15, -0.1) is 0 Å². The largest absolute Gasteiger partial charge is 0.354 e. The van der Waals surface area contributed by atoms with Gasteiger partial charge in [0, 0.05) is 17.3 Å². The van der Waals surface area contributed by atoms with E-state index >= 15 is 0 Å². The highest BCUT2D eigenvalue weighted by Crippen LogP contribution is 2.29. The quantitative estimate of drug-likeness (QED) is 0.758. The van der Waals surface area contributed by atoms with Crippen LogP contribution in [0.5, 0.6) is 0 Å². The first-order valence-corrected chi connectivity index (χ1v) is 6.43. The molecule has 0 aliphatic heterocycles. The summed E-state index contributed by atoms with van der Waals surface area (Å²) < 4.78 is 0. The van der Waals surface area contributed by atoms with Crippen LogP contribution in [-0.4, -0.2) is 16.8 Å². The van der Waals surface area contributed by atoms with Gasteiger partial charge in [0.05, 0.1) is 0 Å². The maximum Gasteiger partial charge on any atom is 0.220 e. The molecule has 1 amide bonds. The topological polar surface area (TPSA) is 29.1 Å². The van der Waals surface area contributed by atoms with Crippen molar-refractivity contribution in [2.45, 2.75) is 56.8 Å². The maximum atomic E-state index is 11.5. The number of carbonyl (C=O) groups excluding carboxylic acids is 1. The Labute approximate surface area is 95.0 Å². The van der Waals surface area contributed by atoms with Crippen LogP contribution in [-0.2, 0) is 4.79 Å². The van der Waals surface area contributed by atoms with Gasteiger partial charge in [-0.2, -0.15) is 0 Å². The normalized spacial score (nSPS) is 21.1. The SMILES string of the molecule is CC(Br)CC(C)NC(=O)CC1CCC1. The Kier molecular flexibility index (Phi) is 4.93.